The maximum absolute atomic E-state index is 12.6. The molecule has 0 aliphatic carbocycles. The summed E-state index contributed by atoms with van der Waals surface area (Å²) in [6.07, 6.45) is 5.23. The number of hydrogen-bond donors (Lipinski definition) is 0. The van der Waals surface area contributed by atoms with E-state index < -0.39 is 0 Å². The van der Waals surface area contributed by atoms with Crippen molar-refractivity contribution >= 4 is 21.9 Å². The lowest BCUT2D eigenvalue weighted by Crippen LogP contribution is -2.19. The highest BCUT2D eigenvalue weighted by Gasteiger charge is 2.20. The van der Waals surface area contributed by atoms with Crippen LogP contribution >= 0.6 is 0 Å². The van der Waals surface area contributed by atoms with Crippen LogP contribution in [0.15, 0.2) is 41.6 Å². The molecule has 0 saturated carbocycles. The summed E-state index contributed by atoms with van der Waals surface area (Å²) in [5.74, 6) is 1.47. The van der Waals surface area contributed by atoms with Crippen LogP contribution in [0.5, 0.6) is 5.75 Å². The van der Waals surface area contributed by atoms with E-state index in [1.165, 1.54) is 0 Å². The Labute approximate surface area is 190 Å². The first-order valence-corrected chi connectivity index (χ1v) is 10.7. The van der Waals surface area contributed by atoms with Crippen LogP contribution in [-0.4, -0.2) is 41.0 Å². The van der Waals surface area contributed by atoms with Gasteiger partial charge in [0.2, 0.25) is 0 Å². The monoisotopic (exact) mass is 443 g/mol. The Bertz CT molecular complexity index is 1590. The summed E-state index contributed by atoms with van der Waals surface area (Å²) < 4.78 is 10.6. The molecule has 0 amide bonds. The molecule has 0 aliphatic rings. The average Bonchev–Trinajstić information content (AvgIpc) is 3.34. The lowest BCUT2D eigenvalue weighted by Gasteiger charge is -2.12. The predicted molar refractivity (Wildman–Crippen MR) is 127 cm³/mol. The fourth-order valence-electron chi connectivity index (χ4n) is 4.32. The molecule has 0 radical (unpaired) electrons. The van der Waals surface area contributed by atoms with Gasteiger partial charge in [-0.2, -0.15) is 5.10 Å². The second-order valence-electron chi connectivity index (χ2n) is 8.45. The van der Waals surface area contributed by atoms with Crippen LogP contribution in [-0.2, 0) is 14.1 Å². The first-order chi connectivity index (χ1) is 15.8. The van der Waals surface area contributed by atoms with Crippen LogP contribution in [0.4, 0.5) is 0 Å². The standard InChI is InChI=1S/C24H25N7O2/c1-13(2)22-23-19(29(4)24(32)30(23)5)10-21(28-22)31-18-9-17(27-14(3)15(18)12-26-31)16-11-25-8-7-20(16)33-6/h7-13H,1-6H3. The maximum atomic E-state index is 12.6. The Morgan fingerprint density at radius 1 is 1.03 bits per heavy atom. The lowest BCUT2D eigenvalue weighted by atomic mass is 10.1. The van der Waals surface area contributed by atoms with Crippen molar-refractivity contribution in [2.75, 3.05) is 7.11 Å². The van der Waals surface area contributed by atoms with E-state index in [0.29, 0.717) is 11.6 Å². The molecule has 0 fully saturated rings. The van der Waals surface area contributed by atoms with Crippen molar-refractivity contribution in [3.8, 4) is 22.8 Å². The molecule has 5 rings (SSSR count). The number of ether oxygens (including phenoxy) is 1. The largest absolute Gasteiger partial charge is 0.496 e. The summed E-state index contributed by atoms with van der Waals surface area (Å²) in [5.41, 5.74) is 5.69. The van der Waals surface area contributed by atoms with Gasteiger partial charge >= 0.3 is 5.69 Å². The molecule has 0 bridgehead atoms. The van der Waals surface area contributed by atoms with Crippen LogP contribution in [0.3, 0.4) is 0 Å². The Morgan fingerprint density at radius 3 is 2.55 bits per heavy atom. The van der Waals surface area contributed by atoms with Crippen molar-refractivity contribution in [1.82, 2.24) is 33.9 Å². The minimum Gasteiger partial charge on any atom is -0.496 e. The van der Waals surface area contributed by atoms with Crippen molar-refractivity contribution in [1.29, 1.82) is 0 Å². The zero-order valence-electron chi connectivity index (χ0n) is 19.5. The van der Waals surface area contributed by atoms with Crippen LogP contribution in [0.1, 0.15) is 31.2 Å². The van der Waals surface area contributed by atoms with Gasteiger partial charge < -0.3 is 4.74 Å². The highest BCUT2D eigenvalue weighted by molar-refractivity contribution is 5.87. The molecule has 168 valence electrons. The molecule has 0 N–H and O–H groups in total. The molecule has 0 atom stereocenters. The molecule has 5 aromatic rings. The van der Waals surface area contributed by atoms with Gasteiger partial charge in [-0.15, -0.1) is 0 Å². The third-order valence-electron chi connectivity index (χ3n) is 6.06. The normalized spacial score (nSPS) is 11.7. The van der Waals surface area contributed by atoms with E-state index in [1.54, 1.807) is 53.6 Å². The molecule has 0 unspecified atom stereocenters. The minimum atomic E-state index is -0.0813. The third kappa shape index (κ3) is 3.11. The second-order valence-corrected chi connectivity index (χ2v) is 8.45. The molecular weight excluding hydrogens is 418 g/mol. The van der Waals surface area contributed by atoms with Gasteiger partial charge in [-0.3, -0.25) is 19.1 Å². The van der Waals surface area contributed by atoms with Gasteiger partial charge in [0.25, 0.3) is 0 Å². The summed E-state index contributed by atoms with van der Waals surface area (Å²) >= 11 is 0. The maximum Gasteiger partial charge on any atom is 0.328 e. The SMILES string of the molecule is COc1ccncc1-c1cc2c(cnn2-c2cc3c(c(C(C)C)n2)n(C)c(=O)n3C)c(C)n1. The number of hydrogen-bond acceptors (Lipinski definition) is 6. The zero-order chi connectivity index (χ0) is 23.4. The summed E-state index contributed by atoms with van der Waals surface area (Å²) in [6, 6.07) is 5.70. The van der Waals surface area contributed by atoms with Gasteiger partial charge in [-0.25, -0.2) is 14.5 Å². The van der Waals surface area contributed by atoms with Crippen molar-refractivity contribution in [3.63, 3.8) is 0 Å². The van der Waals surface area contributed by atoms with E-state index in [-0.39, 0.29) is 11.6 Å². The molecule has 0 saturated heterocycles. The first-order valence-electron chi connectivity index (χ1n) is 10.7. The number of imidazole rings is 1. The number of nitrogens with zero attached hydrogens (tertiary/aromatic N) is 7. The summed E-state index contributed by atoms with van der Waals surface area (Å²) in [7, 11) is 5.19. The molecule has 0 aromatic carbocycles. The zero-order valence-corrected chi connectivity index (χ0v) is 19.5. The summed E-state index contributed by atoms with van der Waals surface area (Å²) in [6.45, 7) is 6.11. The molecule has 5 aromatic heterocycles. The van der Waals surface area contributed by atoms with Crippen molar-refractivity contribution in [3.05, 3.63) is 58.7 Å². The van der Waals surface area contributed by atoms with E-state index >= 15 is 0 Å². The van der Waals surface area contributed by atoms with Crippen molar-refractivity contribution in [2.24, 2.45) is 14.1 Å². The fraction of sp³-hybridized carbons (Fsp3) is 0.292. The second kappa shape index (κ2) is 7.54. The highest BCUT2D eigenvalue weighted by atomic mass is 16.5. The predicted octanol–water partition coefficient (Wildman–Crippen LogP) is 3.51. The molecule has 33 heavy (non-hydrogen) atoms. The van der Waals surface area contributed by atoms with Gasteiger partial charge in [0, 0.05) is 43.6 Å². The van der Waals surface area contributed by atoms with Crippen molar-refractivity contribution < 1.29 is 4.74 Å². The Hall–Kier alpha value is -4.01. The van der Waals surface area contributed by atoms with Gasteiger partial charge in [-0.05, 0) is 25.0 Å². The van der Waals surface area contributed by atoms with E-state index in [0.717, 1.165) is 44.6 Å². The van der Waals surface area contributed by atoms with Crippen LogP contribution in [0.25, 0.3) is 39.0 Å². The number of aryl methyl sites for hydroxylation is 3. The number of methoxy groups -OCH3 is 1. The van der Waals surface area contributed by atoms with Crippen LogP contribution in [0, 0.1) is 6.92 Å². The molecule has 0 aliphatic heterocycles. The number of fused-ring (bicyclic) bond motifs is 2. The molecule has 0 spiro atoms. The third-order valence-corrected chi connectivity index (χ3v) is 6.06. The van der Waals surface area contributed by atoms with E-state index in [1.807, 2.05) is 25.1 Å². The average molecular weight is 444 g/mol. The number of rotatable bonds is 4. The van der Waals surface area contributed by atoms with E-state index in [2.05, 4.69) is 23.9 Å². The van der Waals surface area contributed by atoms with E-state index in [4.69, 9.17) is 14.7 Å². The first kappa shape index (κ1) is 20.9. The lowest BCUT2D eigenvalue weighted by molar-refractivity contribution is 0.416. The van der Waals surface area contributed by atoms with Gasteiger partial charge in [-0.1, -0.05) is 13.8 Å². The Kier molecular flexibility index (Phi) is 4.77. The number of pyridine rings is 3. The topological polar surface area (TPSA) is 92.7 Å². The molecule has 5 heterocycles. The molecule has 9 nitrogen and oxygen atoms in total. The van der Waals surface area contributed by atoms with Gasteiger partial charge in [0.1, 0.15) is 5.75 Å². The Balaban J connectivity index is 1.80. The fourth-order valence-corrected chi connectivity index (χ4v) is 4.32. The summed E-state index contributed by atoms with van der Waals surface area (Å²) in [4.78, 5) is 26.6. The van der Waals surface area contributed by atoms with E-state index in [9.17, 15) is 4.79 Å². The molecule has 9 heteroatoms. The Morgan fingerprint density at radius 2 is 1.82 bits per heavy atom. The van der Waals surface area contributed by atoms with Gasteiger partial charge in [0.05, 0.1) is 46.8 Å². The highest BCUT2D eigenvalue weighted by Crippen LogP contribution is 2.32. The molecular formula is C24H25N7O2. The summed E-state index contributed by atoms with van der Waals surface area (Å²) in [5, 5.41) is 5.57. The minimum absolute atomic E-state index is 0.0813. The van der Waals surface area contributed by atoms with Crippen LogP contribution in [0.2, 0.25) is 0 Å². The smallest absolute Gasteiger partial charge is 0.328 e. The number of aromatic nitrogens is 7. The quantitative estimate of drug-likeness (QED) is 0.422. The van der Waals surface area contributed by atoms with Gasteiger partial charge in [0.15, 0.2) is 5.82 Å². The van der Waals surface area contributed by atoms with Crippen molar-refractivity contribution in [2.45, 2.75) is 26.7 Å². The van der Waals surface area contributed by atoms with Crippen LogP contribution < -0.4 is 10.4 Å².